The number of alkyl halides is 1. The highest BCUT2D eigenvalue weighted by Crippen LogP contribution is 2.27. The molecule has 6 heteroatoms. The predicted octanol–water partition coefficient (Wildman–Crippen LogP) is 4.06. The van der Waals surface area contributed by atoms with Crippen LogP contribution in [0, 0.1) is 5.92 Å². The molecule has 2 aromatic rings. The molecule has 0 N–H and O–H groups in total. The van der Waals surface area contributed by atoms with Gasteiger partial charge < -0.3 is 9.30 Å². The lowest BCUT2D eigenvalue weighted by atomic mass is 10.1. The van der Waals surface area contributed by atoms with Gasteiger partial charge in [-0.1, -0.05) is 25.4 Å². The number of pyridine rings is 1. The van der Waals surface area contributed by atoms with Crippen molar-refractivity contribution in [1.29, 1.82) is 0 Å². The average molecular weight is 316 g/mol. The molecule has 0 amide bonds. The van der Waals surface area contributed by atoms with Crippen molar-refractivity contribution in [3.8, 4) is 0 Å². The second-order valence-corrected chi connectivity index (χ2v) is 5.70. The maximum atomic E-state index is 6.04. The molecule has 2 aromatic heterocycles. The highest BCUT2D eigenvalue weighted by Gasteiger charge is 2.22. The minimum atomic E-state index is 0.155. The molecule has 1 unspecified atom stereocenters. The van der Waals surface area contributed by atoms with Gasteiger partial charge in [0.15, 0.2) is 5.65 Å². The second-order valence-electron chi connectivity index (χ2n) is 5.00. The monoisotopic (exact) mass is 315 g/mol. The number of halogens is 2. The first kappa shape index (κ1) is 15.5. The third-order valence-corrected chi connectivity index (χ3v) is 3.73. The van der Waals surface area contributed by atoms with Crippen LogP contribution in [-0.4, -0.2) is 27.7 Å². The van der Waals surface area contributed by atoms with Gasteiger partial charge in [0.1, 0.15) is 11.3 Å². The molecule has 0 bridgehead atoms. The summed E-state index contributed by atoms with van der Waals surface area (Å²) in [6.07, 6.45) is 1.64. The Morgan fingerprint density at radius 3 is 2.75 bits per heavy atom. The van der Waals surface area contributed by atoms with Crippen LogP contribution in [0.25, 0.3) is 11.2 Å². The standard InChI is InChI=1S/C14H19Cl2N3O/c1-4-20-8-12(9(2)3)19-13(6-15)18-11-5-10(16)7-17-14(11)19/h5,7,9,12H,4,6,8H2,1-3H3. The van der Waals surface area contributed by atoms with Crippen LogP contribution in [0.5, 0.6) is 0 Å². The van der Waals surface area contributed by atoms with Gasteiger partial charge in [-0.25, -0.2) is 9.97 Å². The quantitative estimate of drug-likeness (QED) is 0.755. The number of imidazole rings is 1. The van der Waals surface area contributed by atoms with E-state index >= 15 is 0 Å². The molecule has 0 fully saturated rings. The highest BCUT2D eigenvalue weighted by atomic mass is 35.5. The fraction of sp³-hybridized carbons (Fsp3) is 0.571. The molecule has 0 aliphatic rings. The first-order chi connectivity index (χ1) is 9.58. The summed E-state index contributed by atoms with van der Waals surface area (Å²) >= 11 is 12.0. The summed E-state index contributed by atoms with van der Waals surface area (Å²) in [5.74, 6) is 1.52. The largest absolute Gasteiger partial charge is 0.380 e. The van der Waals surface area contributed by atoms with Gasteiger partial charge in [-0.15, -0.1) is 11.6 Å². The van der Waals surface area contributed by atoms with E-state index in [2.05, 4.69) is 28.4 Å². The number of rotatable bonds is 6. The van der Waals surface area contributed by atoms with Crippen molar-refractivity contribution in [2.24, 2.45) is 5.92 Å². The number of hydrogen-bond donors (Lipinski definition) is 0. The molecule has 0 aliphatic heterocycles. The SMILES string of the molecule is CCOCC(C(C)C)n1c(CCl)nc2cc(Cl)cnc21. The van der Waals surface area contributed by atoms with E-state index in [4.69, 9.17) is 27.9 Å². The zero-order chi connectivity index (χ0) is 14.7. The van der Waals surface area contributed by atoms with Gasteiger partial charge in [-0.05, 0) is 18.9 Å². The Morgan fingerprint density at radius 1 is 1.40 bits per heavy atom. The Balaban J connectivity index is 2.54. The maximum absolute atomic E-state index is 6.04. The average Bonchev–Trinajstić information content (AvgIpc) is 2.76. The van der Waals surface area contributed by atoms with Crippen LogP contribution in [0.1, 0.15) is 32.6 Å². The lowest BCUT2D eigenvalue weighted by molar-refractivity contribution is 0.0968. The Kier molecular flexibility index (Phi) is 5.24. The van der Waals surface area contributed by atoms with Gasteiger partial charge in [0, 0.05) is 12.8 Å². The Morgan fingerprint density at radius 2 is 2.15 bits per heavy atom. The van der Waals surface area contributed by atoms with Crippen LogP contribution in [0.2, 0.25) is 5.02 Å². The van der Waals surface area contributed by atoms with Crippen LogP contribution < -0.4 is 0 Å². The minimum Gasteiger partial charge on any atom is -0.380 e. The molecular weight excluding hydrogens is 297 g/mol. The van der Waals surface area contributed by atoms with Crippen molar-refractivity contribution in [2.75, 3.05) is 13.2 Å². The summed E-state index contributed by atoms with van der Waals surface area (Å²) in [6, 6.07) is 1.97. The highest BCUT2D eigenvalue weighted by molar-refractivity contribution is 6.31. The van der Waals surface area contributed by atoms with E-state index in [0.717, 1.165) is 17.0 Å². The summed E-state index contributed by atoms with van der Waals surface area (Å²) in [5.41, 5.74) is 1.58. The normalized spacial score (nSPS) is 13.3. The summed E-state index contributed by atoms with van der Waals surface area (Å²) in [7, 11) is 0. The van der Waals surface area contributed by atoms with Gasteiger partial charge in [0.05, 0.1) is 23.6 Å². The van der Waals surface area contributed by atoms with Gasteiger partial charge in [-0.2, -0.15) is 0 Å². The summed E-state index contributed by atoms with van der Waals surface area (Å²) in [5, 5.41) is 0.578. The molecule has 0 aromatic carbocycles. The van der Waals surface area contributed by atoms with E-state index in [1.54, 1.807) is 6.20 Å². The molecule has 0 aliphatic carbocycles. The van der Waals surface area contributed by atoms with Gasteiger partial charge >= 0.3 is 0 Å². The zero-order valence-electron chi connectivity index (χ0n) is 11.9. The number of fused-ring (bicyclic) bond motifs is 1. The molecule has 0 saturated carbocycles. The van der Waals surface area contributed by atoms with E-state index < -0.39 is 0 Å². The number of ether oxygens (including phenoxy) is 1. The Hall–Kier alpha value is -0.840. The van der Waals surface area contributed by atoms with E-state index in [-0.39, 0.29) is 6.04 Å². The summed E-state index contributed by atoms with van der Waals surface area (Å²) in [6.45, 7) is 7.61. The molecular formula is C14H19Cl2N3O. The van der Waals surface area contributed by atoms with Crippen molar-refractivity contribution < 1.29 is 4.74 Å². The van der Waals surface area contributed by atoms with Crippen molar-refractivity contribution in [3.05, 3.63) is 23.1 Å². The molecule has 0 saturated heterocycles. The van der Waals surface area contributed by atoms with Gasteiger partial charge in [0.2, 0.25) is 0 Å². The lowest BCUT2D eigenvalue weighted by Gasteiger charge is -2.24. The molecule has 4 nitrogen and oxygen atoms in total. The van der Waals surface area contributed by atoms with E-state index in [1.165, 1.54) is 0 Å². The van der Waals surface area contributed by atoms with E-state index in [0.29, 0.717) is 30.0 Å². The van der Waals surface area contributed by atoms with E-state index in [1.807, 2.05) is 13.0 Å². The first-order valence-corrected chi connectivity index (χ1v) is 7.65. The van der Waals surface area contributed by atoms with Gasteiger partial charge in [-0.3, -0.25) is 0 Å². The maximum Gasteiger partial charge on any atom is 0.160 e. The Labute approximate surface area is 129 Å². The molecule has 20 heavy (non-hydrogen) atoms. The number of nitrogens with zero attached hydrogens (tertiary/aromatic N) is 3. The lowest BCUT2D eigenvalue weighted by Crippen LogP contribution is -2.23. The van der Waals surface area contributed by atoms with Crippen molar-refractivity contribution in [3.63, 3.8) is 0 Å². The van der Waals surface area contributed by atoms with Gasteiger partial charge in [0.25, 0.3) is 0 Å². The third-order valence-electron chi connectivity index (χ3n) is 3.28. The van der Waals surface area contributed by atoms with Crippen LogP contribution in [0.3, 0.4) is 0 Å². The van der Waals surface area contributed by atoms with Crippen LogP contribution >= 0.6 is 23.2 Å². The van der Waals surface area contributed by atoms with Crippen LogP contribution in [-0.2, 0) is 10.6 Å². The van der Waals surface area contributed by atoms with Crippen LogP contribution in [0.15, 0.2) is 12.3 Å². The number of aromatic nitrogens is 3. The smallest absolute Gasteiger partial charge is 0.160 e. The minimum absolute atomic E-state index is 0.155. The fourth-order valence-corrected chi connectivity index (χ4v) is 2.59. The summed E-state index contributed by atoms with van der Waals surface area (Å²) < 4.78 is 7.69. The zero-order valence-corrected chi connectivity index (χ0v) is 13.4. The Bertz CT molecular complexity index is 583. The van der Waals surface area contributed by atoms with Crippen molar-refractivity contribution >= 4 is 34.4 Å². The third kappa shape index (κ3) is 3.08. The molecule has 1 atom stereocenters. The predicted molar refractivity (Wildman–Crippen MR) is 82.5 cm³/mol. The molecule has 2 rings (SSSR count). The summed E-state index contributed by atoms with van der Waals surface area (Å²) in [4.78, 5) is 8.95. The van der Waals surface area contributed by atoms with E-state index in [9.17, 15) is 0 Å². The van der Waals surface area contributed by atoms with Crippen molar-refractivity contribution in [1.82, 2.24) is 14.5 Å². The van der Waals surface area contributed by atoms with Crippen LogP contribution in [0.4, 0.5) is 0 Å². The number of hydrogen-bond acceptors (Lipinski definition) is 3. The molecule has 110 valence electrons. The molecule has 0 spiro atoms. The van der Waals surface area contributed by atoms with Crippen molar-refractivity contribution in [2.45, 2.75) is 32.7 Å². The molecule has 2 heterocycles. The fourth-order valence-electron chi connectivity index (χ4n) is 2.25. The second kappa shape index (κ2) is 6.74. The molecule has 0 radical (unpaired) electrons. The topological polar surface area (TPSA) is 39.9 Å². The first-order valence-electron chi connectivity index (χ1n) is 6.74.